The third-order valence-electron chi connectivity index (χ3n) is 5.22. The molecule has 0 saturated carbocycles. The first kappa shape index (κ1) is 31.1. The normalized spacial score (nSPS) is 11.4. The van der Waals surface area contributed by atoms with Gasteiger partial charge in [-0.25, -0.2) is 9.79 Å². The minimum Gasteiger partial charge on any atom is -0.490 e. The highest BCUT2D eigenvalue weighted by molar-refractivity contribution is 9.09. The number of carbonyl (C=O) groups is 3. The molecule has 0 fully saturated rings. The van der Waals surface area contributed by atoms with E-state index >= 15 is 0 Å². The van der Waals surface area contributed by atoms with Crippen LogP contribution in [0.5, 0.6) is 5.75 Å². The van der Waals surface area contributed by atoms with Crippen molar-refractivity contribution in [2.24, 2.45) is 4.99 Å². The fourth-order valence-corrected chi connectivity index (χ4v) is 3.58. The summed E-state index contributed by atoms with van der Waals surface area (Å²) >= 11 is 3.11. The lowest BCUT2D eigenvalue weighted by atomic mass is 10.1. The average molecular weight is 627 g/mol. The van der Waals surface area contributed by atoms with E-state index in [9.17, 15) is 14.4 Å². The molecule has 3 N–H and O–H groups in total. The van der Waals surface area contributed by atoms with Crippen LogP contribution < -0.4 is 20.7 Å². The van der Waals surface area contributed by atoms with Gasteiger partial charge in [0.05, 0.1) is 11.9 Å². The number of anilines is 1. The zero-order valence-electron chi connectivity index (χ0n) is 23.2. The highest BCUT2D eigenvalue weighted by Gasteiger charge is 2.24. The minimum absolute atomic E-state index is 0.111. The Hall–Kier alpha value is -4.45. The highest BCUT2D eigenvalue weighted by Crippen LogP contribution is 2.27. The fourth-order valence-electron chi connectivity index (χ4n) is 3.44. The van der Waals surface area contributed by atoms with Crippen molar-refractivity contribution in [3.05, 3.63) is 78.1 Å². The number of guanidine groups is 1. The highest BCUT2D eigenvalue weighted by atomic mass is 79.9. The van der Waals surface area contributed by atoms with Crippen LogP contribution in [0.1, 0.15) is 42.5 Å². The maximum Gasteiger partial charge on any atom is 0.414 e. The summed E-state index contributed by atoms with van der Waals surface area (Å²) in [6.45, 7) is 10.9. The van der Waals surface area contributed by atoms with Crippen LogP contribution in [-0.2, 0) is 16.1 Å². The predicted octanol–water partition coefficient (Wildman–Crippen LogP) is 5.36. The van der Waals surface area contributed by atoms with Crippen LogP contribution in [0.4, 0.5) is 10.5 Å². The fraction of sp³-hybridized carbons (Fsp3) is 0.276. The number of carbonyl (C=O) groups excluding carboxylic acids is 3. The van der Waals surface area contributed by atoms with Crippen molar-refractivity contribution in [1.82, 2.24) is 15.8 Å². The lowest BCUT2D eigenvalue weighted by Crippen LogP contribution is -2.46. The van der Waals surface area contributed by atoms with Gasteiger partial charge in [-0.1, -0.05) is 45.9 Å². The van der Waals surface area contributed by atoms with E-state index in [0.717, 1.165) is 5.56 Å². The minimum atomic E-state index is -0.790. The molecular weight excluding hydrogens is 594 g/mol. The van der Waals surface area contributed by atoms with Crippen molar-refractivity contribution in [2.45, 2.75) is 39.8 Å². The Balaban J connectivity index is 1.83. The van der Waals surface area contributed by atoms with Crippen LogP contribution in [0, 0.1) is 6.92 Å². The number of ether oxygens (including phenoxy) is 2. The monoisotopic (exact) mass is 625 g/mol. The van der Waals surface area contributed by atoms with Crippen LogP contribution in [0.3, 0.4) is 0 Å². The standard InChI is InChI=1S/C29H32BrN5O6/c1-6-15-39-22-13-9-20(10-14-22)25-24(18(2)41-35-25)26(37)33-27(34-28(38)40-29(3,4)5)31-17-19-7-11-21(12-8-19)32-23(36)16-30/h6-14H,1,15-17H2,2-5H3,(H,32,36)(H2,31,33,34,37,38). The first-order chi connectivity index (χ1) is 19.5. The predicted molar refractivity (Wildman–Crippen MR) is 159 cm³/mol. The molecule has 0 radical (unpaired) electrons. The molecular formula is C29H32BrN5O6. The lowest BCUT2D eigenvalue weighted by molar-refractivity contribution is -0.113. The summed E-state index contributed by atoms with van der Waals surface area (Å²) in [6, 6.07) is 14.0. The molecule has 41 heavy (non-hydrogen) atoms. The van der Waals surface area contributed by atoms with Gasteiger partial charge in [0.25, 0.3) is 5.91 Å². The average Bonchev–Trinajstić information content (AvgIpc) is 3.31. The smallest absolute Gasteiger partial charge is 0.414 e. The molecule has 0 aliphatic rings. The Labute approximate surface area is 246 Å². The molecule has 11 nitrogen and oxygen atoms in total. The molecule has 0 atom stereocenters. The summed E-state index contributed by atoms with van der Waals surface area (Å²) in [5, 5.41) is 12.1. The number of aliphatic imine (C=N–C) groups is 1. The topological polar surface area (TPSA) is 144 Å². The number of aromatic nitrogens is 1. The molecule has 0 aliphatic carbocycles. The van der Waals surface area contributed by atoms with E-state index in [1.54, 1.807) is 82.3 Å². The zero-order chi connectivity index (χ0) is 30.0. The second-order valence-corrected chi connectivity index (χ2v) is 10.3. The first-order valence-corrected chi connectivity index (χ1v) is 13.7. The molecule has 0 saturated heterocycles. The molecule has 1 heterocycles. The molecule has 0 spiro atoms. The van der Waals surface area contributed by atoms with Crippen molar-refractivity contribution in [2.75, 3.05) is 17.3 Å². The van der Waals surface area contributed by atoms with E-state index < -0.39 is 17.6 Å². The number of nitrogens with zero attached hydrogens (tertiary/aromatic N) is 2. The second-order valence-electron chi connectivity index (χ2n) is 9.71. The van der Waals surface area contributed by atoms with Crippen LogP contribution in [0.15, 0.2) is 70.7 Å². The number of hydrogen-bond acceptors (Lipinski definition) is 8. The molecule has 216 valence electrons. The maximum atomic E-state index is 13.4. The summed E-state index contributed by atoms with van der Waals surface area (Å²) in [6.07, 6.45) is 0.851. The van der Waals surface area contributed by atoms with Gasteiger partial charge < -0.3 is 19.3 Å². The van der Waals surface area contributed by atoms with Gasteiger partial charge >= 0.3 is 6.09 Å². The van der Waals surface area contributed by atoms with E-state index in [0.29, 0.717) is 29.3 Å². The maximum absolute atomic E-state index is 13.4. The largest absolute Gasteiger partial charge is 0.490 e. The molecule has 3 rings (SSSR count). The van der Waals surface area contributed by atoms with Gasteiger partial charge in [0.1, 0.15) is 35.0 Å². The third-order valence-corrected chi connectivity index (χ3v) is 5.72. The van der Waals surface area contributed by atoms with E-state index in [2.05, 4.69) is 48.6 Å². The van der Waals surface area contributed by atoms with Gasteiger partial charge in [-0.15, -0.1) is 0 Å². The van der Waals surface area contributed by atoms with Crippen LogP contribution >= 0.6 is 15.9 Å². The SMILES string of the molecule is C=CCOc1ccc(-c2noc(C)c2C(=O)NC(=NCc2ccc(NC(=O)CBr)cc2)NC(=O)OC(C)(C)C)cc1. The van der Waals surface area contributed by atoms with Crippen LogP contribution in [-0.4, -0.2) is 46.6 Å². The Bertz CT molecular complexity index is 1410. The molecule has 2 aromatic carbocycles. The van der Waals surface area contributed by atoms with E-state index in [1.165, 1.54) is 0 Å². The van der Waals surface area contributed by atoms with E-state index in [1.807, 2.05) is 0 Å². The van der Waals surface area contributed by atoms with Gasteiger partial charge in [-0.05, 0) is 69.7 Å². The Morgan fingerprint density at radius 3 is 2.37 bits per heavy atom. The summed E-state index contributed by atoms with van der Waals surface area (Å²) < 4.78 is 16.2. The molecule has 0 unspecified atom stereocenters. The Morgan fingerprint density at radius 2 is 1.76 bits per heavy atom. The van der Waals surface area contributed by atoms with E-state index in [-0.39, 0.29) is 35.1 Å². The van der Waals surface area contributed by atoms with Gasteiger partial charge in [-0.3, -0.25) is 20.2 Å². The number of hydrogen-bond donors (Lipinski definition) is 3. The molecule has 1 aromatic heterocycles. The third kappa shape index (κ3) is 9.60. The van der Waals surface area contributed by atoms with Crippen molar-refractivity contribution in [3.8, 4) is 17.0 Å². The van der Waals surface area contributed by atoms with Crippen molar-refractivity contribution < 1.29 is 28.4 Å². The number of benzene rings is 2. The summed E-state index contributed by atoms with van der Waals surface area (Å²) in [4.78, 5) is 41.9. The van der Waals surface area contributed by atoms with E-state index in [4.69, 9.17) is 14.0 Å². The van der Waals surface area contributed by atoms with Gasteiger partial charge in [0.15, 0.2) is 0 Å². The molecule has 3 aromatic rings. The number of alkyl halides is 1. The van der Waals surface area contributed by atoms with Crippen molar-refractivity contribution in [1.29, 1.82) is 0 Å². The lowest BCUT2D eigenvalue weighted by Gasteiger charge is -2.20. The number of nitrogens with one attached hydrogen (secondary N) is 3. The van der Waals surface area contributed by atoms with Gasteiger partial charge in [0, 0.05) is 11.3 Å². The first-order valence-electron chi connectivity index (χ1n) is 12.6. The van der Waals surface area contributed by atoms with Gasteiger partial charge in [0.2, 0.25) is 11.9 Å². The Kier molecular flexibility index (Phi) is 10.8. The van der Waals surface area contributed by atoms with Crippen LogP contribution in [0.25, 0.3) is 11.3 Å². The molecule has 3 amide bonds. The van der Waals surface area contributed by atoms with Crippen LogP contribution in [0.2, 0.25) is 0 Å². The summed E-state index contributed by atoms with van der Waals surface area (Å²) in [7, 11) is 0. The van der Waals surface area contributed by atoms with Crippen molar-refractivity contribution in [3.63, 3.8) is 0 Å². The zero-order valence-corrected chi connectivity index (χ0v) is 24.8. The second kappa shape index (κ2) is 14.3. The number of aryl methyl sites for hydroxylation is 1. The van der Waals surface area contributed by atoms with Gasteiger partial charge in [-0.2, -0.15) is 0 Å². The summed E-state index contributed by atoms with van der Waals surface area (Å²) in [5.74, 6) is 0.0216. The number of rotatable bonds is 9. The Morgan fingerprint density at radius 1 is 1.07 bits per heavy atom. The number of alkyl carbamates (subject to hydrolysis) is 1. The molecule has 12 heteroatoms. The molecule has 0 aliphatic heterocycles. The summed E-state index contributed by atoms with van der Waals surface area (Å²) in [5.41, 5.74) is 1.74. The quantitative estimate of drug-likeness (QED) is 0.126. The number of halogens is 1. The molecule has 0 bridgehead atoms. The van der Waals surface area contributed by atoms with Crippen molar-refractivity contribution >= 4 is 45.5 Å². The number of amides is 3.